The Bertz CT molecular complexity index is 380. The molecule has 1 N–H and O–H groups in total. The summed E-state index contributed by atoms with van der Waals surface area (Å²) < 4.78 is 0. The topological polar surface area (TPSA) is 45.2 Å². The Balaban J connectivity index is 1.59. The van der Waals surface area contributed by atoms with Gasteiger partial charge < -0.3 is 10.2 Å². The van der Waals surface area contributed by atoms with E-state index in [-0.39, 0.29) is 5.91 Å². The summed E-state index contributed by atoms with van der Waals surface area (Å²) in [5.74, 6) is 0.176. The van der Waals surface area contributed by atoms with Gasteiger partial charge in [-0.05, 0) is 32.9 Å². The van der Waals surface area contributed by atoms with Gasteiger partial charge in [-0.3, -0.25) is 4.79 Å². The van der Waals surface area contributed by atoms with E-state index in [0.717, 1.165) is 17.8 Å². The van der Waals surface area contributed by atoms with E-state index in [4.69, 9.17) is 0 Å². The van der Waals surface area contributed by atoms with E-state index >= 15 is 0 Å². The molecule has 1 fully saturated rings. The number of hydrogen-bond donors (Lipinski definition) is 1. The Hall–Kier alpha value is -0.940. The van der Waals surface area contributed by atoms with Crippen molar-refractivity contribution in [1.29, 1.82) is 0 Å². The van der Waals surface area contributed by atoms with Gasteiger partial charge in [-0.2, -0.15) is 0 Å². The third-order valence-electron chi connectivity index (χ3n) is 3.77. The van der Waals surface area contributed by atoms with Crippen LogP contribution in [-0.2, 0) is 11.2 Å². The predicted octanol–water partition coefficient (Wildman–Crippen LogP) is 2.07. The number of thiazole rings is 1. The average Bonchev–Trinajstić information content (AvgIpc) is 2.91. The molecular weight excluding hydrogens is 258 g/mol. The fraction of sp³-hybridized carbons (Fsp3) is 0.714. The van der Waals surface area contributed by atoms with Gasteiger partial charge in [-0.25, -0.2) is 4.98 Å². The van der Waals surface area contributed by atoms with Gasteiger partial charge in [0.2, 0.25) is 5.91 Å². The van der Waals surface area contributed by atoms with Crippen molar-refractivity contribution >= 4 is 17.2 Å². The first-order valence-electron chi connectivity index (χ1n) is 7.11. The maximum atomic E-state index is 11.8. The van der Waals surface area contributed by atoms with Gasteiger partial charge in [-0.15, -0.1) is 11.3 Å². The molecule has 4 nitrogen and oxygen atoms in total. The Kier molecular flexibility index (Phi) is 5.79. The maximum absolute atomic E-state index is 11.8. The van der Waals surface area contributed by atoms with E-state index in [2.05, 4.69) is 22.2 Å². The van der Waals surface area contributed by atoms with Gasteiger partial charge in [0.1, 0.15) is 0 Å². The third kappa shape index (κ3) is 4.91. The Morgan fingerprint density at radius 2 is 2.47 bits per heavy atom. The van der Waals surface area contributed by atoms with E-state index in [0.29, 0.717) is 19.0 Å². The molecule has 5 heteroatoms. The summed E-state index contributed by atoms with van der Waals surface area (Å²) in [4.78, 5) is 18.4. The van der Waals surface area contributed by atoms with E-state index in [1.165, 1.54) is 25.8 Å². The van der Waals surface area contributed by atoms with Crippen molar-refractivity contribution in [1.82, 2.24) is 15.2 Å². The quantitative estimate of drug-likeness (QED) is 0.868. The molecule has 1 saturated heterocycles. The molecule has 0 bridgehead atoms. The minimum Gasteiger partial charge on any atom is -0.356 e. The lowest BCUT2D eigenvalue weighted by molar-refractivity contribution is -0.121. The normalized spacial score (nSPS) is 20.4. The zero-order valence-electron chi connectivity index (χ0n) is 11.6. The van der Waals surface area contributed by atoms with Gasteiger partial charge >= 0.3 is 0 Å². The molecule has 1 atom stereocenters. The van der Waals surface area contributed by atoms with Crippen LogP contribution in [-0.4, -0.2) is 42.0 Å². The predicted molar refractivity (Wildman–Crippen MR) is 78.3 cm³/mol. The monoisotopic (exact) mass is 281 g/mol. The molecule has 2 rings (SSSR count). The van der Waals surface area contributed by atoms with Crippen LogP contribution in [0.3, 0.4) is 0 Å². The second kappa shape index (κ2) is 7.60. The summed E-state index contributed by atoms with van der Waals surface area (Å²) in [5.41, 5.74) is 0. The number of rotatable bonds is 6. The van der Waals surface area contributed by atoms with E-state index < -0.39 is 0 Å². The number of carbonyl (C=O) groups is 1. The van der Waals surface area contributed by atoms with Gasteiger partial charge in [0.25, 0.3) is 0 Å². The van der Waals surface area contributed by atoms with Crippen molar-refractivity contribution in [3.8, 4) is 0 Å². The number of nitrogens with one attached hydrogen (secondary N) is 1. The number of piperidine rings is 1. The molecule has 1 aromatic heterocycles. The lowest BCUT2D eigenvalue weighted by Crippen LogP contribution is -2.37. The van der Waals surface area contributed by atoms with Crippen LogP contribution in [0.1, 0.15) is 37.1 Å². The van der Waals surface area contributed by atoms with Crippen molar-refractivity contribution < 1.29 is 4.79 Å². The molecule has 0 aliphatic carbocycles. The highest BCUT2D eigenvalue weighted by atomic mass is 32.1. The van der Waals surface area contributed by atoms with Crippen LogP contribution in [0.15, 0.2) is 11.6 Å². The summed E-state index contributed by atoms with van der Waals surface area (Å²) in [6.45, 7) is 1.88. The van der Waals surface area contributed by atoms with E-state index in [9.17, 15) is 4.79 Å². The molecule has 1 aromatic rings. The largest absolute Gasteiger partial charge is 0.356 e. The Morgan fingerprint density at radius 3 is 3.21 bits per heavy atom. The molecule has 2 heterocycles. The van der Waals surface area contributed by atoms with Crippen LogP contribution >= 0.6 is 11.3 Å². The van der Waals surface area contributed by atoms with Crippen molar-refractivity contribution in [2.24, 2.45) is 0 Å². The summed E-state index contributed by atoms with van der Waals surface area (Å²) in [5, 5.41) is 6.04. The summed E-state index contributed by atoms with van der Waals surface area (Å²) in [6, 6.07) is 0.596. The molecule has 0 spiro atoms. The van der Waals surface area contributed by atoms with Gasteiger partial charge in [0, 0.05) is 37.0 Å². The first-order valence-corrected chi connectivity index (χ1v) is 7.99. The van der Waals surface area contributed by atoms with Crippen molar-refractivity contribution in [2.45, 2.75) is 44.6 Å². The third-order valence-corrected chi connectivity index (χ3v) is 4.61. The van der Waals surface area contributed by atoms with Crippen molar-refractivity contribution in [3.05, 3.63) is 16.6 Å². The van der Waals surface area contributed by atoms with Crippen LogP contribution < -0.4 is 5.32 Å². The first kappa shape index (κ1) is 14.5. The highest BCUT2D eigenvalue weighted by molar-refractivity contribution is 7.09. The zero-order valence-corrected chi connectivity index (χ0v) is 12.4. The molecular formula is C14H23N3OS. The Labute approximate surface area is 119 Å². The van der Waals surface area contributed by atoms with Gasteiger partial charge in [-0.1, -0.05) is 6.42 Å². The average molecular weight is 281 g/mol. The number of hydrogen-bond acceptors (Lipinski definition) is 4. The fourth-order valence-electron chi connectivity index (χ4n) is 2.58. The molecule has 0 unspecified atom stereocenters. The van der Waals surface area contributed by atoms with Crippen LogP contribution in [0.25, 0.3) is 0 Å². The molecule has 0 radical (unpaired) electrons. The molecule has 1 amide bonds. The molecule has 1 aliphatic rings. The van der Waals surface area contributed by atoms with Crippen LogP contribution in [0.2, 0.25) is 0 Å². The number of carbonyl (C=O) groups excluding carboxylic acids is 1. The van der Waals surface area contributed by atoms with Gasteiger partial charge in [0.15, 0.2) is 0 Å². The minimum absolute atomic E-state index is 0.176. The molecule has 19 heavy (non-hydrogen) atoms. The lowest BCUT2D eigenvalue weighted by atomic mass is 9.98. The number of nitrogens with zero attached hydrogens (tertiary/aromatic N) is 2. The second-order valence-electron chi connectivity index (χ2n) is 5.19. The highest BCUT2D eigenvalue weighted by Crippen LogP contribution is 2.18. The molecule has 1 aliphatic heterocycles. The summed E-state index contributed by atoms with van der Waals surface area (Å²) in [7, 11) is 2.17. The lowest BCUT2D eigenvalue weighted by Gasteiger charge is -2.32. The molecule has 0 aromatic carbocycles. The van der Waals surface area contributed by atoms with Gasteiger partial charge in [0.05, 0.1) is 5.01 Å². The van der Waals surface area contributed by atoms with Crippen LogP contribution in [0, 0.1) is 0 Å². The highest BCUT2D eigenvalue weighted by Gasteiger charge is 2.19. The van der Waals surface area contributed by atoms with E-state index in [1.807, 2.05) is 5.38 Å². The summed E-state index contributed by atoms with van der Waals surface area (Å²) in [6.07, 6.45) is 8.12. The first-order chi connectivity index (χ1) is 9.25. The minimum atomic E-state index is 0.176. The van der Waals surface area contributed by atoms with Crippen LogP contribution in [0.5, 0.6) is 0 Å². The standard InChI is InChI=1S/C14H23N3OS/c1-17-10-3-2-4-12(17)5-6-13(18)15-8-7-14-16-9-11-19-14/h9,11-12H,2-8,10H2,1H3,(H,15,18)/t12-/m0/s1. The fourth-order valence-corrected chi connectivity index (χ4v) is 3.20. The zero-order chi connectivity index (χ0) is 13.5. The maximum Gasteiger partial charge on any atom is 0.220 e. The van der Waals surface area contributed by atoms with Crippen LogP contribution in [0.4, 0.5) is 0 Å². The number of aromatic nitrogens is 1. The Morgan fingerprint density at radius 1 is 1.58 bits per heavy atom. The smallest absolute Gasteiger partial charge is 0.220 e. The van der Waals surface area contributed by atoms with E-state index in [1.54, 1.807) is 17.5 Å². The molecule has 106 valence electrons. The second-order valence-corrected chi connectivity index (χ2v) is 6.17. The van der Waals surface area contributed by atoms with Crippen molar-refractivity contribution in [3.63, 3.8) is 0 Å². The number of amides is 1. The summed E-state index contributed by atoms with van der Waals surface area (Å²) >= 11 is 1.64. The number of likely N-dealkylation sites (tertiary alicyclic amines) is 1. The SMILES string of the molecule is CN1CCCC[C@H]1CCC(=O)NCCc1nccs1. The molecule has 0 saturated carbocycles. The van der Waals surface area contributed by atoms with Crippen molar-refractivity contribution in [2.75, 3.05) is 20.1 Å².